The number of carbonyl (C=O) groups is 1. The number of amides is 1. The SMILES string of the molecule is O=C(NCCc1nnn[nH]1)c1cc2c(s1)-c1cccc(F)c1CC2. The van der Waals surface area contributed by atoms with Crippen molar-refractivity contribution in [2.45, 2.75) is 19.3 Å². The quantitative estimate of drug-likeness (QED) is 0.760. The van der Waals surface area contributed by atoms with Crippen LogP contribution in [0.3, 0.4) is 0 Å². The number of thiophene rings is 1. The van der Waals surface area contributed by atoms with E-state index in [1.807, 2.05) is 12.1 Å². The lowest BCUT2D eigenvalue weighted by Gasteiger charge is -2.16. The maximum absolute atomic E-state index is 13.9. The lowest BCUT2D eigenvalue weighted by atomic mass is 9.91. The molecule has 6 nitrogen and oxygen atoms in total. The smallest absolute Gasteiger partial charge is 0.261 e. The minimum Gasteiger partial charge on any atom is -0.351 e. The molecule has 1 amide bonds. The number of rotatable bonds is 4. The number of halogens is 1. The number of aromatic amines is 1. The number of nitrogens with one attached hydrogen (secondary N) is 2. The van der Waals surface area contributed by atoms with Crippen LogP contribution >= 0.6 is 11.3 Å². The first-order valence-electron chi connectivity index (χ1n) is 7.63. The van der Waals surface area contributed by atoms with Crippen molar-refractivity contribution in [2.75, 3.05) is 6.54 Å². The Morgan fingerprint density at radius 1 is 1.38 bits per heavy atom. The highest BCUT2D eigenvalue weighted by Gasteiger charge is 2.23. The molecule has 2 aromatic heterocycles. The van der Waals surface area contributed by atoms with E-state index < -0.39 is 0 Å². The van der Waals surface area contributed by atoms with Crippen LogP contribution < -0.4 is 5.32 Å². The predicted molar refractivity (Wildman–Crippen MR) is 87.3 cm³/mol. The highest BCUT2D eigenvalue weighted by atomic mass is 32.1. The number of aromatic nitrogens is 4. The van der Waals surface area contributed by atoms with E-state index in [2.05, 4.69) is 25.9 Å². The van der Waals surface area contributed by atoms with Gasteiger partial charge in [0.1, 0.15) is 11.6 Å². The van der Waals surface area contributed by atoms with Gasteiger partial charge in [-0.15, -0.1) is 16.4 Å². The molecule has 0 spiro atoms. The molecule has 1 aliphatic rings. The Morgan fingerprint density at radius 3 is 3.12 bits per heavy atom. The van der Waals surface area contributed by atoms with E-state index >= 15 is 0 Å². The van der Waals surface area contributed by atoms with Crippen molar-refractivity contribution < 1.29 is 9.18 Å². The number of nitrogens with zero attached hydrogens (tertiary/aromatic N) is 3. The van der Waals surface area contributed by atoms with Crippen molar-refractivity contribution in [3.63, 3.8) is 0 Å². The molecule has 8 heteroatoms. The third kappa shape index (κ3) is 2.69. The number of fused-ring (bicyclic) bond motifs is 3. The fourth-order valence-corrected chi connectivity index (χ4v) is 4.08. The van der Waals surface area contributed by atoms with E-state index in [1.54, 1.807) is 6.07 Å². The van der Waals surface area contributed by atoms with E-state index in [1.165, 1.54) is 17.4 Å². The zero-order valence-electron chi connectivity index (χ0n) is 12.7. The van der Waals surface area contributed by atoms with Crippen molar-refractivity contribution in [3.8, 4) is 10.4 Å². The Kier molecular flexibility index (Phi) is 3.81. The fraction of sp³-hybridized carbons (Fsp3) is 0.250. The van der Waals surface area contributed by atoms with E-state index in [0.717, 1.165) is 28.0 Å². The Bertz CT molecular complexity index is 890. The van der Waals surface area contributed by atoms with Gasteiger partial charge in [0.2, 0.25) is 0 Å². The first kappa shape index (κ1) is 14.9. The van der Waals surface area contributed by atoms with Crippen LogP contribution in [0.4, 0.5) is 4.39 Å². The van der Waals surface area contributed by atoms with Gasteiger partial charge in [-0.1, -0.05) is 12.1 Å². The first-order chi connectivity index (χ1) is 11.7. The molecular weight excluding hydrogens is 329 g/mol. The molecular formula is C16H14FN5OS. The summed E-state index contributed by atoms with van der Waals surface area (Å²) >= 11 is 1.42. The van der Waals surface area contributed by atoms with Crippen LogP contribution in [0.25, 0.3) is 10.4 Å². The maximum atomic E-state index is 13.9. The molecule has 24 heavy (non-hydrogen) atoms. The summed E-state index contributed by atoms with van der Waals surface area (Å²) in [6, 6.07) is 7.04. The summed E-state index contributed by atoms with van der Waals surface area (Å²) in [4.78, 5) is 14.0. The number of H-pyrrole nitrogens is 1. The van der Waals surface area contributed by atoms with Crippen molar-refractivity contribution in [3.05, 3.63) is 51.9 Å². The van der Waals surface area contributed by atoms with E-state index in [9.17, 15) is 9.18 Å². The molecule has 2 heterocycles. The molecule has 1 aliphatic carbocycles. The number of carbonyl (C=O) groups excluding carboxylic acids is 1. The molecule has 3 aromatic rings. The summed E-state index contributed by atoms with van der Waals surface area (Å²) in [5.74, 6) is 0.336. The average Bonchev–Trinajstić information content (AvgIpc) is 3.24. The lowest BCUT2D eigenvalue weighted by molar-refractivity contribution is 0.0958. The molecule has 0 radical (unpaired) electrons. The van der Waals surface area contributed by atoms with Crippen LogP contribution in [0.2, 0.25) is 0 Å². The Labute approximate surface area is 141 Å². The standard InChI is InChI=1S/C16H14FN5OS/c17-12-3-1-2-11-10(12)5-4-9-8-13(24-15(9)11)16(23)18-7-6-14-19-21-22-20-14/h1-3,8H,4-7H2,(H,18,23)(H,19,20,21,22). The summed E-state index contributed by atoms with van der Waals surface area (Å²) in [7, 11) is 0. The topological polar surface area (TPSA) is 83.6 Å². The molecule has 0 unspecified atom stereocenters. The van der Waals surface area contributed by atoms with Crippen LogP contribution in [-0.4, -0.2) is 33.1 Å². The number of benzene rings is 1. The zero-order valence-corrected chi connectivity index (χ0v) is 13.5. The molecule has 1 aromatic carbocycles. The summed E-state index contributed by atoms with van der Waals surface area (Å²) in [6.07, 6.45) is 1.97. The predicted octanol–water partition coefficient (Wildman–Crippen LogP) is 2.14. The molecule has 0 atom stereocenters. The van der Waals surface area contributed by atoms with Crippen molar-refractivity contribution in [1.82, 2.24) is 25.9 Å². The third-order valence-corrected chi connectivity index (χ3v) is 5.29. The van der Waals surface area contributed by atoms with Gasteiger partial charge < -0.3 is 5.32 Å². The van der Waals surface area contributed by atoms with Gasteiger partial charge in [0.15, 0.2) is 0 Å². The Morgan fingerprint density at radius 2 is 2.29 bits per heavy atom. The van der Waals surface area contributed by atoms with Crippen LogP contribution in [0.15, 0.2) is 24.3 Å². The second-order valence-electron chi connectivity index (χ2n) is 5.58. The van der Waals surface area contributed by atoms with Crippen LogP contribution in [-0.2, 0) is 19.3 Å². The van der Waals surface area contributed by atoms with Crippen LogP contribution in [0.5, 0.6) is 0 Å². The van der Waals surface area contributed by atoms with Crippen molar-refractivity contribution in [2.24, 2.45) is 0 Å². The Balaban J connectivity index is 1.51. The van der Waals surface area contributed by atoms with Crippen molar-refractivity contribution >= 4 is 17.2 Å². The van der Waals surface area contributed by atoms with Gasteiger partial charge in [-0.3, -0.25) is 4.79 Å². The monoisotopic (exact) mass is 343 g/mol. The van der Waals surface area contributed by atoms with Crippen LogP contribution in [0, 0.1) is 5.82 Å². The van der Waals surface area contributed by atoms with E-state index in [0.29, 0.717) is 30.1 Å². The molecule has 122 valence electrons. The normalized spacial score (nSPS) is 12.5. The molecule has 0 fully saturated rings. The van der Waals surface area contributed by atoms with Gasteiger partial charge in [-0.25, -0.2) is 9.49 Å². The van der Waals surface area contributed by atoms with E-state index in [4.69, 9.17) is 0 Å². The van der Waals surface area contributed by atoms with Gasteiger partial charge in [-0.05, 0) is 52.1 Å². The average molecular weight is 343 g/mol. The summed E-state index contributed by atoms with van der Waals surface area (Å²) in [5, 5.41) is 16.3. The molecule has 0 saturated heterocycles. The minimum absolute atomic E-state index is 0.125. The molecule has 4 rings (SSSR count). The summed E-state index contributed by atoms with van der Waals surface area (Å²) in [5.41, 5.74) is 2.77. The van der Waals surface area contributed by atoms with E-state index in [-0.39, 0.29) is 11.7 Å². The third-order valence-electron chi connectivity index (χ3n) is 4.08. The lowest BCUT2D eigenvalue weighted by Crippen LogP contribution is -2.25. The zero-order chi connectivity index (χ0) is 16.5. The molecule has 0 aliphatic heterocycles. The maximum Gasteiger partial charge on any atom is 0.261 e. The molecule has 0 bridgehead atoms. The molecule has 0 saturated carbocycles. The van der Waals surface area contributed by atoms with Crippen molar-refractivity contribution in [1.29, 1.82) is 0 Å². The van der Waals surface area contributed by atoms with Gasteiger partial charge >= 0.3 is 0 Å². The summed E-state index contributed by atoms with van der Waals surface area (Å²) in [6.45, 7) is 0.448. The number of tetrazole rings is 1. The number of hydrogen-bond donors (Lipinski definition) is 2. The summed E-state index contributed by atoms with van der Waals surface area (Å²) < 4.78 is 13.9. The second-order valence-corrected chi connectivity index (χ2v) is 6.64. The highest BCUT2D eigenvalue weighted by Crippen LogP contribution is 2.40. The van der Waals surface area contributed by atoms with Gasteiger partial charge in [0.25, 0.3) is 5.91 Å². The van der Waals surface area contributed by atoms with Gasteiger partial charge in [0.05, 0.1) is 4.88 Å². The van der Waals surface area contributed by atoms with Gasteiger partial charge in [-0.2, -0.15) is 0 Å². The molecule has 2 N–H and O–H groups in total. The Hall–Kier alpha value is -2.61. The van der Waals surface area contributed by atoms with Gasteiger partial charge in [0, 0.05) is 17.8 Å². The largest absolute Gasteiger partial charge is 0.351 e. The number of aryl methyl sites for hydroxylation is 1. The van der Waals surface area contributed by atoms with Crippen LogP contribution in [0.1, 0.15) is 26.6 Å². The minimum atomic E-state index is -0.168. The second kappa shape index (κ2) is 6.12. The highest BCUT2D eigenvalue weighted by molar-refractivity contribution is 7.17. The first-order valence-corrected chi connectivity index (χ1v) is 8.45. The fourth-order valence-electron chi connectivity index (χ4n) is 2.91. The number of hydrogen-bond acceptors (Lipinski definition) is 5.